The summed E-state index contributed by atoms with van der Waals surface area (Å²) in [6, 6.07) is 0. The number of rotatable bonds is 6. The fraction of sp³-hybridized carbons (Fsp3) is 0.929. The van der Waals surface area contributed by atoms with E-state index in [1.807, 2.05) is 20.8 Å². The molecule has 0 aromatic rings. The van der Waals surface area contributed by atoms with Crippen LogP contribution in [0.25, 0.3) is 0 Å². The first-order valence-electron chi connectivity index (χ1n) is 13.6. The molecule has 0 heterocycles. The quantitative estimate of drug-likeness (QED) is 0.388. The van der Waals surface area contributed by atoms with Crippen LogP contribution < -0.4 is 0 Å². The lowest BCUT2D eigenvalue weighted by atomic mass is 9.44. The van der Waals surface area contributed by atoms with Crippen LogP contribution in [0.15, 0.2) is 0 Å². The van der Waals surface area contributed by atoms with Crippen LogP contribution in [-0.4, -0.2) is 31.4 Å². The van der Waals surface area contributed by atoms with Crippen molar-refractivity contribution >= 4 is 11.9 Å². The van der Waals surface area contributed by atoms with Gasteiger partial charge in [-0.2, -0.15) is 0 Å². The van der Waals surface area contributed by atoms with Crippen LogP contribution in [0.1, 0.15) is 91.4 Å². The van der Waals surface area contributed by atoms with Gasteiger partial charge >= 0.3 is 11.9 Å². The van der Waals surface area contributed by atoms with Gasteiger partial charge in [-0.15, -0.1) is 0 Å². The molecule has 2 atom stereocenters. The van der Waals surface area contributed by atoms with Gasteiger partial charge in [0.25, 0.3) is 0 Å². The average Bonchev–Trinajstić information content (AvgIpc) is 2.71. The second-order valence-electron chi connectivity index (χ2n) is 14.2. The lowest BCUT2D eigenvalue weighted by Gasteiger charge is -2.60. The Morgan fingerprint density at radius 1 is 0.788 bits per heavy atom. The maximum Gasteiger partial charge on any atom is 0.314 e. The minimum absolute atomic E-state index is 0.0491. The first-order chi connectivity index (χ1) is 15.6. The van der Waals surface area contributed by atoms with Crippen molar-refractivity contribution in [1.29, 1.82) is 0 Å². The average molecular weight is 459 g/mol. The Morgan fingerprint density at radius 2 is 1.36 bits per heavy atom. The molecule has 0 aromatic carbocycles. The summed E-state index contributed by atoms with van der Waals surface area (Å²) in [5.74, 6) is 4.12. The highest BCUT2D eigenvalue weighted by molar-refractivity contribution is 5.78. The summed E-state index contributed by atoms with van der Waals surface area (Å²) in [5.41, 5.74) is -0.938. The van der Waals surface area contributed by atoms with Crippen molar-refractivity contribution in [1.82, 2.24) is 0 Å². The molecule has 184 valence electrons. The van der Waals surface area contributed by atoms with Gasteiger partial charge in [-0.25, -0.2) is 0 Å². The Morgan fingerprint density at radius 3 is 1.94 bits per heavy atom. The van der Waals surface area contributed by atoms with Gasteiger partial charge in [0, 0.05) is 5.41 Å². The van der Waals surface area contributed by atoms with Crippen LogP contribution in [0.3, 0.4) is 0 Å². The minimum atomic E-state index is -0.492. The van der Waals surface area contributed by atoms with E-state index in [0.717, 1.165) is 43.9 Å². The molecule has 0 spiro atoms. The largest absolute Gasteiger partial charge is 0.465 e. The summed E-state index contributed by atoms with van der Waals surface area (Å²) in [7, 11) is 0. The summed E-state index contributed by atoms with van der Waals surface area (Å²) in [6.07, 6.45) is 13.1. The zero-order valence-corrected chi connectivity index (χ0v) is 20.8. The highest BCUT2D eigenvalue weighted by Crippen LogP contribution is 2.65. The Kier molecular flexibility index (Phi) is 5.22. The predicted molar refractivity (Wildman–Crippen MR) is 123 cm³/mol. The summed E-state index contributed by atoms with van der Waals surface area (Å²) in [4.78, 5) is 25.9. The summed E-state index contributed by atoms with van der Waals surface area (Å²) in [5, 5.41) is 0. The third-order valence-electron chi connectivity index (χ3n) is 10.3. The lowest BCUT2D eigenvalue weighted by Crippen LogP contribution is -2.57. The zero-order valence-electron chi connectivity index (χ0n) is 20.8. The van der Waals surface area contributed by atoms with Crippen LogP contribution in [0.2, 0.25) is 0 Å². The fourth-order valence-corrected chi connectivity index (χ4v) is 9.76. The highest BCUT2D eigenvalue weighted by atomic mass is 16.7. The van der Waals surface area contributed by atoms with Crippen molar-refractivity contribution in [2.24, 2.45) is 51.8 Å². The number of hydrogen-bond acceptors (Lipinski definition) is 5. The summed E-state index contributed by atoms with van der Waals surface area (Å²) >= 11 is 0. The van der Waals surface area contributed by atoms with Crippen LogP contribution in [-0.2, 0) is 23.8 Å². The van der Waals surface area contributed by atoms with Gasteiger partial charge in [0.05, 0.1) is 23.5 Å². The van der Waals surface area contributed by atoms with E-state index in [1.165, 1.54) is 38.5 Å². The third kappa shape index (κ3) is 3.94. The van der Waals surface area contributed by atoms with E-state index in [-0.39, 0.29) is 24.1 Å². The molecule has 5 heteroatoms. The monoisotopic (exact) mass is 458 g/mol. The van der Waals surface area contributed by atoms with Crippen molar-refractivity contribution in [2.45, 2.75) is 97.5 Å². The van der Waals surface area contributed by atoms with Gasteiger partial charge in [-0.1, -0.05) is 0 Å². The molecule has 0 radical (unpaired) electrons. The van der Waals surface area contributed by atoms with Gasteiger partial charge in [-0.05, 0) is 127 Å². The molecule has 0 aliphatic heterocycles. The van der Waals surface area contributed by atoms with E-state index in [9.17, 15) is 9.59 Å². The van der Waals surface area contributed by atoms with Gasteiger partial charge in [0.1, 0.15) is 0 Å². The molecule has 2 unspecified atom stereocenters. The molecule has 0 N–H and O–H groups in total. The van der Waals surface area contributed by atoms with E-state index < -0.39 is 10.8 Å². The van der Waals surface area contributed by atoms with Crippen molar-refractivity contribution in [3.05, 3.63) is 0 Å². The highest BCUT2D eigenvalue weighted by Gasteiger charge is 2.62. The Hall–Kier alpha value is -1.10. The lowest BCUT2D eigenvalue weighted by molar-refractivity contribution is -0.211. The maximum absolute atomic E-state index is 13.5. The van der Waals surface area contributed by atoms with Crippen LogP contribution in [0.5, 0.6) is 0 Å². The molecule has 0 saturated heterocycles. The van der Waals surface area contributed by atoms with Gasteiger partial charge in [0.2, 0.25) is 0 Å². The molecule has 8 saturated carbocycles. The number of carbonyl (C=O) groups is 2. The second kappa shape index (κ2) is 7.70. The predicted octanol–water partition coefficient (Wildman–Crippen LogP) is 5.50. The molecular formula is C28H42O5. The molecule has 33 heavy (non-hydrogen) atoms. The summed E-state index contributed by atoms with van der Waals surface area (Å²) in [6.45, 7) is 6.27. The molecule has 8 aliphatic rings. The topological polar surface area (TPSA) is 61.8 Å². The Bertz CT molecular complexity index is 768. The first kappa shape index (κ1) is 22.4. The fourth-order valence-electron chi connectivity index (χ4n) is 9.76. The molecule has 8 fully saturated rings. The Labute approximate surface area is 198 Å². The zero-order chi connectivity index (χ0) is 23.0. The maximum atomic E-state index is 13.5. The summed E-state index contributed by atoms with van der Waals surface area (Å²) < 4.78 is 18.0. The molecule has 8 bridgehead atoms. The van der Waals surface area contributed by atoms with Gasteiger partial charge < -0.3 is 14.2 Å². The van der Waals surface area contributed by atoms with E-state index >= 15 is 0 Å². The molecule has 5 nitrogen and oxygen atoms in total. The van der Waals surface area contributed by atoms with Crippen LogP contribution >= 0.6 is 0 Å². The first-order valence-corrected chi connectivity index (χ1v) is 13.6. The molecule has 8 aliphatic carbocycles. The van der Waals surface area contributed by atoms with Crippen LogP contribution in [0.4, 0.5) is 0 Å². The number of esters is 2. The minimum Gasteiger partial charge on any atom is -0.465 e. The van der Waals surface area contributed by atoms with Crippen molar-refractivity contribution in [2.75, 3.05) is 13.4 Å². The standard InChI is InChI=1S/C28H42O5/c1-26(2,3)24(29)31-15-27-10-19-5-20(11-27)13-28(12-19,14-27)25(30)33-16-32-23-21-6-17-4-18(8-21)9-22(23)7-17/h17-23H,4-16H2,1-3H3. The van der Waals surface area contributed by atoms with Crippen molar-refractivity contribution in [3.8, 4) is 0 Å². The number of ether oxygens (including phenoxy) is 3. The molecule has 0 amide bonds. The second-order valence-corrected chi connectivity index (χ2v) is 14.2. The van der Waals surface area contributed by atoms with Crippen molar-refractivity contribution in [3.63, 3.8) is 0 Å². The normalized spacial score (nSPS) is 47.1. The Balaban J connectivity index is 1.08. The van der Waals surface area contributed by atoms with E-state index in [1.54, 1.807) is 0 Å². The molecule has 0 aromatic heterocycles. The third-order valence-corrected chi connectivity index (χ3v) is 10.3. The molecular weight excluding hydrogens is 416 g/mol. The SMILES string of the molecule is CC(C)(C)C(=O)OCC12CC3CC(C1)CC(C(=O)OCOC1C4CC5CC(C4)CC1C5)(C3)C2. The molecule has 8 rings (SSSR count). The van der Waals surface area contributed by atoms with Gasteiger partial charge in [-0.3, -0.25) is 9.59 Å². The van der Waals surface area contributed by atoms with E-state index in [0.29, 0.717) is 36.4 Å². The van der Waals surface area contributed by atoms with E-state index in [2.05, 4.69) is 0 Å². The smallest absolute Gasteiger partial charge is 0.314 e. The van der Waals surface area contributed by atoms with E-state index in [4.69, 9.17) is 14.2 Å². The van der Waals surface area contributed by atoms with Crippen molar-refractivity contribution < 1.29 is 23.8 Å². The number of carbonyl (C=O) groups excluding carboxylic acids is 2. The van der Waals surface area contributed by atoms with Gasteiger partial charge in [0.15, 0.2) is 6.79 Å². The van der Waals surface area contributed by atoms with Crippen LogP contribution in [0, 0.1) is 51.8 Å². The number of hydrogen-bond donors (Lipinski definition) is 0.